The summed E-state index contributed by atoms with van der Waals surface area (Å²) in [6.45, 7) is 11.5. The van der Waals surface area contributed by atoms with Crippen LogP contribution in [0.2, 0.25) is 0 Å². The van der Waals surface area contributed by atoms with E-state index in [-0.39, 0.29) is 6.04 Å². The minimum Gasteiger partial charge on any atom is -0.444 e. The van der Waals surface area contributed by atoms with Crippen LogP contribution in [0.4, 0.5) is 4.79 Å². The molecule has 0 aliphatic heterocycles. The second-order valence-corrected chi connectivity index (χ2v) is 6.32. The predicted octanol–water partition coefficient (Wildman–Crippen LogP) is 1.69. The molecule has 0 saturated heterocycles. The van der Waals surface area contributed by atoms with Crippen molar-refractivity contribution in [3.63, 3.8) is 0 Å². The van der Waals surface area contributed by atoms with Gasteiger partial charge in [0.15, 0.2) is 0 Å². The number of nitrogens with two attached hydrogens (primary N) is 1. The fourth-order valence-electron chi connectivity index (χ4n) is 1.57. The third kappa shape index (κ3) is 17.3. The minimum absolute atomic E-state index is 0.00159. The van der Waals surface area contributed by atoms with Crippen molar-refractivity contribution in [3.8, 4) is 0 Å². The van der Waals surface area contributed by atoms with Crippen molar-refractivity contribution in [1.82, 2.24) is 5.32 Å². The molecule has 0 spiro atoms. The molecule has 0 aliphatic rings. The van der Waals surface area contributed by atoms with Gasteiger partial charge in [-0.3, -0.25) is 0 Å². The molecule has 0 aromatic carbocycles. The predicted molar refractivity (Wildman–Crippen MR) is 89.6 cm³/mol. The molecule has 7 nitrogen and oxygen atoms in total. The second-order valence-electron chi connectivity index (χ2n) is 6.32. The van der Waals surface area contributed by atoms with Crippen LogP contribution in [0, 0.1) is 0 Å². The largest absolute Gasteiger partial charge is 0.444 e. The number of rotatable bonds is 13. The van der Waals surface area contributed by atoms with Gasteiger partial charge in [0.2, 0.25) is 0 Å². The lowest BCUT2D eigenvalue weighted by Gasteiger charge is -2.21. The molecule has 138 valence electrons. The molecule has 7 heteroatoms. The maximum atomic E-state index is 11.6. The van der Waals surface area contributed by atoms with Gasteiger partial charge in [-0.2, -0.15) is 0 Å². The van der Waals surface area contributed by atoms with Gasteiger partial charge < -0.3 is 30.0 Å². The zero-order valence-electron chi connectivity index (χ0n) is 15.1. The average Bonchev–Trinajstić information content (AvgIpc) is 2.42. The Kier molecular flexibility index (Phi) is 13.0. The van der Waals surface area contributed by atoms with E-state index >= 15 is 0 Å². The van der Waals surface area contributed by atoms with Gasteiger partial charge in [-0.1, -0.05) is 0 Å². The number of nitrogens with one attached hydrogen (secondary N) is 1. The Hall–Kier alpha value is -0.890. The first kappa shape index (κ1) is 22.1. The van der Waals surface area contributed by atoms with Crippen LogP contribution in [0.3, 0.4) is 0 Å². The molecule has 1 atom stereocenters. The van der Waals surface area contributed by atoms with E-state index in [9.17, 15) is 4.79 Å². The number of carbonyl (C=O) groups excluding carboxylic acids is 1. The highest BCUT2D eigenvalue weighted by Crippen LogP contribution is 2.07. The van der Waals surface area contributed by atoms with E-state index in [1.54, 1.807) is 0 Å². The molecular formula is C16H34N2O5. The first-order chi connectivity index (χ1) is 10.8. The van der Waals surface area contributed by atoms with Crippen LogP contribution < -0.4 is 11.1 Å². The Morgan fingerprint density at radius 2 is 1.52 bits per heavy atom. The molecule has 0 heterocycles. The van der Waals surface area contributed by atoms with E-state index in [4.69, 9.17) is 24.7 Å². The highest BCUT2D eigenvalue weighted by Gasteiger charge is 2.17. The van der Waals surface area contributed by atoms with E-state index in [1.807, 2.05) is 27.7 Å². The summed E-state index contributed by atoms with van der Waals surface area (Å²) in [5.41, 5.74) is 4.87. The van der Waals surface area contributed by atoms with Crippen molar-refractivity contribution in [3.05, 3.63) is 0 Å². The standard InChI is InChI=1S/C16H34N2O5/c1-14(18-15(19)23-16(2,3)4)6-9-21-11-13-22-12-10-20-8-5-7-17/h14H,5-13,17H2,1-4H3,(H,18,19). The smallest absolute Gasteiger partial charge is 0.407 e. The molecular weight excluding hydrogens is 300 g/mol. The summed E-state index contributed by atoms with van der Waals surface area (Å²) in [6, 6.07) is 0.00159. The van der Waals surface area contributed by atoms with Crippen molar-refractivity contribution in [1.29, 1.82) is 0 Å². The summed E-state index contributed by atoms with van der Waals surface area (Å²) in [7, 11) is 0. The van der Waals surface area contributed by atoms with Crippen LogP contribution in [-0.4, -0.2) is 63.9 Å². The molecule has 0 saturated carbocycles. The number of hydrogen-bond acceptors (Lipinski definition) is 6. The maximum Gasteiger partial charge on any atom is 0.407 e. The Balaban J connectivity index is 3.36. The zero-order valence-corrected chi connectivity index (χ0v) is 15.1. The van der Waals surface area contributed by atoms with Gasteiger partial charge in [0.05, 0.1) is 26.4 Å². The molecule has 0 bridgehead atoms. The maximum absolute atomic E-state index is 11.6. The van der Waals surface area contributed by atoms with E-state index in [2.05, 4.69) is 5.32 Å². The lowest BCUT2D eigenvalue weighted by molar-refractivity contribution is 0.0126. The number of hydrogen-bond donors (Lipinski definition) is 2. The Bertz CT molecular complexity index is 295. The van der Waals surface area contributed by atoms with Crippen LogP contribution >= 0.6 is 0 Å². The van der Waals surface area contributed by atoms with E-state index in [1.165, 1.54) is 0 Å². The van der Waals surface area contributed by atoms with Gasteiger partial charge in [-0.15, -0.1) is 0 Å². The van der Waals surface area contributed by atoms with Gasteiger partial charge in [-0.05, 0) is 47.1 Å². The van der Waals surface area contributed by atoms with Gasteiger partial charge >= 0.3 is 6.09 Å². The normalized spacial score (nSPS) is 12.9. The fourth-order valence-corrected chi connectivity index (χ4v) is 1.57. The molecule has 0 aromatic heterocycles. The molecule has 23 heavy (non-hydrogen) atoms. The molecule has 0 radical (unpaired) electrons. The molecule has 0 rings (SSSR count). The van der Waals surface area contributed by atoms with Crippen molar-refractivity contribution >= 4 is 6.09 Å². The third-order valence-corrected chi connectivity index (χ3v) is 2.70. The topological polar surface area (TPSA) is 92.0 Å². The summed E-state index contributed by atoms with van der Waals surface area (Å²) >= 11 is 0. The molecule has 1 amide bonds. The number of alkyl carbamates (subject to hydrolysis) is 1. The van der Waals surface area contributed by atoms with Crippen molar-refractivity contribution in [2.24, 2.45) is 5.73 Å². The van der Waals surface area contributed by atoms with Crippen molar-refractivity contribution < 1.29 is 23.7 Å². The van der Waals surface area contributed by atoms with Crippen molar-refractivity contribution in [2.75, 3.05) is 46.2 Å². The number of carbonyl (C=O) groups is 1. The Morgan fingerprint density at radius 1 is 1.00 bits per heavy atom. The molecule has 0 fully saturated rings. The first-order valence-electron chi connectivity index (χ1n) is 8.28. The summed E-state index contributed by atoms with van der Waals surface area (Å²) in [5, 5.41) is 2.77. The monoisotopic (exact) mass is 334 g/mol. The number of ether oxygens (including phenoxy) is 4. The lowest BCUT2D eigenvalue weighted by atomic mass is 10.2. The van der Waals surface area contributed by atoms with E-state index in [0.29, 0.717) is 46.2 Å². The molecule has 0 aromatic rings. The number of amides is 1. The highest BCUT2D eigenvalue weighted by atomic mass is 16.6. The quantitative estimate of drug-likeness (QED) is 0.498. The summed E-state index contributed by atoms with van der Waals surface area (Å²) in [6.07, 6.45) is 1.20. The van der Waals surface area contributed by atoms with Gasteiger partial charge in [0.25, 0.3) is 0 Å². The molecule has 1 unspecified atom stereocenters. The van der Waals surface area contributed by atoms with E-state index < -0.39 is 11.7 Å². The van der Waals surface area contributed by atoms with Gasteiger partial charge in [-0.25, -0.2) is 4.79 Å². The molecule has 0 aliphatic carbocycles. The summed E-state index contributed by atoms with van der Waals surface area (Å²) in [5.74, 6) is 0. The zero-order chi connectivity index (χ0) is 17.6. The average molecular weight is 334 g/mol. The molecule has 3 N–H and O–H groups in total. The fraction of sp³-hybridized carbons (Fsp3) is 0.938. The Labute approximate surface area is 140 Å². The van der Waals surface area contributed by atoms with Crippen LogP contribution in [0.1, 0.15) is 40.5 Å². The third-order valence-electron chi connectivity index (χ3n) is 2.70. The van der Waals surface area contributed by atoms with Crippen LogP contribution in [-0.2, 0) is 18.9 Å². The van der Waals surface area contributed by atoms with Gasteiger partial charge in [0, 0.05) is 19.3 Å². The Morgan fingerprint density at radius 3 is 2.04 bits per heavy atom. The second kappa shape index (κ2) is 13.5. The SMILES string of the molecule is CC(CCOCCOCCOCCCN)NC(=O)OC(C)(C)C. The van der Waals surface area contributed by atoms with Crippen molar-refractivity contribution in [2.45, 2.75) is 52.2 Å². The first-order valence-corrected chi connectivity index (χ1v) is 8.28. The van der Waals surface area contributed by atoms with Crippen LogP contribution in [0.5, 0.6) is 0 Å². The summed E-state index contributed by atoms with van der Waals surface area (Å²) < 4.78 is 21.3. The van der Waals surface area contributed by atoms with Gasteiger partial charge in [0.1, 0.15) is 5.60 Å². The van der Waals surface area contributed by atoms with Crippen LogP contribution in [0.25, 0.3) is 0 Å². The minimum atomic E-state index is -0.480. The summed E-state index contributed by atoms with van der Waals surface area (Å²) in [4.78, 5) is 11.6. The highest BCUT2D eigenvalue weighted by molar-refractivity contribution is 5.67. The lowest BCUT2D eigenvalue weighted by Crippen LogP contribution is -2.38. The van der Waals surface area contributed by atoms with E-state index in [0.717, 1.165) is 12.8 Å². The van der Waals surface area contributed by atoms with Crippen LogP contribution in [0.15, 0.2) is 0 Å².